The van der Waals surface area contributed by atoms with Gasteiger partial charge in [0, 0.05) is 28.9 Å². The molecule has 2 aromatic rings. The zero-order valence-electron chi connectivity index (χ0n) is 13.0. The van der Waals surface area contributed by atoms with Gasteiger partial charge in [-0.2, -0.15) is 10.5 Å². The van der Waals surface area contributed by atoms with E-state index in [9.17, 15) is 10.5 Å². The van der Waals surface area contributed by atoms with E-state index in [0.29, 0.717) is 0 Å². The zero-order chi connectivity index (χ0) is 16.2. The molecule has 0 aromatic heterocycles. The van der Waals surface area contributed by atoms with Crippen LogP contribution >= 0.6 is 11.8 Å². The second-order valence-electron chi connectivity index (χ2n) is 5.51. The highest BCUT2D eigenvalue weighted by Crippen LogP contribution is 2.41. The molecule has 1 heterocycles. The summed E-state index contributed by atoms with van der Waals surface area (Å²) in [4.78, 5) is 3.16. The van der Waals surface area contributed by atoms with Crippen LogP contribution in [0, 0.1) is 22.7 Å². The standard InChI is InChI=1S/C19H17N3S/c1-23-19(15(12-20)13-21)17-9-8-14-6-2-3-7-16(14)18(17)22-10-4-5-11-22/h2-3,6-9H,4-5,10-11H2,1H3. The van der Waals surface area contributed by atoms with E-state index < -0.39 is 0 Å². The van der Waals surface area contributed by atoms with Crippen molar-refractivity contribution >= 4 is 33.1 Å². The van der Waals surface area contributed by atoms with E-state index in [1.54, 1.807) is 0 Å². The third-order valence-corrected chi connectivity index (χ3v) is 5.05. The molecule has 23 heavy (non-hydrogen) atoms. The van der Waals surface area contributed by atoms with E-state index in [0.717, 1.165) is 29.2 Å². The van der Waals surface area contributed by atoms with E-state index in [1.807, 2.05) is 30.5 Å². The van der Waals surface area contributed by atoms with E-state index in [4.69, 9.17) is 0 Å². The van der Waals surface area contributed by atoms with Crippen molar-refractivity contribution in [2.75, 3.05) is 24.2 Å². The van der Waals surface area contributed by atoms with Gasteiger partial charge in [-0.15, -0.1) is 11.8 Å². The Kier molecular flexibility index (Phi) is 4.55. The van der Waals surface area contributed by atoms with Gasteiger partial charge in [-0.1, -0.05) is 36.4 Å². The Morgan fingerprint density at radius 3 is 2.39 bits per heavy atom. The number of benzene rings is 2. The van der Waals surface area contributed by atoms with Crippen LogP contribution in [0.15, 0.2) is 42.0 Å². The van der Waals surface area contributed by atoms with Crippen molar-refractivity contribution in [2.24, 2.45) is 0 Å². The summed E-state index contributed by atoms with van der Waals surface area (Å²) in [5.74, 6) is 0. The van der Waals surface area contributed by atoms with Crippen molar-refractivity contribution in [3.05, 3.63) is 47.5 Å². The van der Waals surface area contributed by atoms with Crippen LogP contribution in [0.5, 0.6) is 0 Å². The van der Waals surface area contributed by atoms with Gasteiger partial charge in [-0.3, -0.25) is 0 Å². The predicted molar refractivity (Wildman–Crippen MR) is 97.1 cm³/mol. The van der Waals surface area contributed by atoms with E-state index in [-0.39, 0.29) is 5.57 Å². The van der Waals surface area contributed by atoms with Crippen molar-refractivity contribution < 1.29 is 0 Å². The number of fused-ring (bicyclic) bond motifs is 1. The first-order valence-corrected chi connectivity index (χ1v) is 8.88. The first-order chi connectivity index (χ1) is 11.3. The number of rotatable bonds is 3. The lowest BCUT2D eigenvalue weighted by molar-refractivity contribution is 0.949. The number of thioether (sulfide) groups is 1. The molecule has 1 aliphatic rings. The summed E-state index contributed by atoms with van der Waals surface area (Å²) in [5.41, 5.74) is 2.34. The van der Waals surface area contributed by atoms with Gasteiger partial charge >= 0.3 is 0 Å². The highest BCUT2D eigenvalue weighted by Gasteiger charge is 2.21. The normalized spacial score (nSPS) is 13.6. The molecule has 0 amide bonds. The number of nitriles is 2. The molecular formula is C19H17N3S. The molecule has 1 aliphatic heterocycles. The molecule has 3 rings (SSSR count). The van der Waals surface area contributed by atoms with Crippen molar-refractivity contribution in [2.45, 2.75) is 12.8 Å². The number of hydrogen-bond acceptors (Lipinski definition) is 4. The molecular weight excluding hydrogens is 302 g/mol. The molecule has 0 radical (unpaired) electrons. The minimum absolute atomic E-state index is 0.188. The van der Waals surface area contributed by atoms with Gasteiger partial charge in [0.15, 0.2) is 0 Å². The molecule has 0 unspecified atom stereocenters. The van der Waals surface area contributed by atoms with E-state index in [2.05, 4.69) is 29.2 Å². The fourth-order valence-electron chi connectivity index (χ4n) is 3.19. The minimum atomic E-state index is 0.188. The Morgan fingerprint density at radius 2 is 1.74 bits per heavy atom. The average Bonchev–Trinajstić information content (AvgIpc) is 3.13. The molecule has 0 atom stereocenters. The summed E-state index contributed by atoms with van der Waals surface area (Å²) in [6, 6.07) is 16.5. The van der Waals surface area contributed by atoms with Crippen LogP contribution in [0.1, 0.15) is 18.4 Å². The molecule has 114 valence electrons. The molecule has 3 nitrogen and oxygen atoms in total. The molecule has 1 fully saturated rings. The maximum atomic E-state index is 9.30. The Labute approximate surface area is 140 Å². The highest BCUT2D eigenvalue weighted by molar-refractivity contribution is 8.07. The van der Waals surface area contributed by atoms with Crippen LogP contribution < -0.4 is 4.90 Å². The SMILES string of the molecule is CSC(=C(C#N)C#N)c1ccc2ccccc2c1N1CCCC1. The quantitative estimate of drug-likeness (QED) is 0.778. The Morgan fingerprint density at radius 1 is 1.04 bits per heavy atom. The van der Waals surface area contributed by atoms with Gasteiger partial charge in [0.05, 0.1) is 5.69 Å². The lowest BCUT2D eigenvalue weighted by Crippen LogP contribution is -2.19. The van der Waals surface area contributed by atoms with Gasteiger partial charge in [0.2, 0.25) is 0 Å². The zero-order valence-corrected chi connectivity index (χ0v) is 13.9. The summed E-state index contributed by atoms with van der Waals surface area (Å²) in [7, 11) is 0. The van der Waals surface area contributed by atoms with Crippen LogP contribution in [0.3, 0.4) is 0 Å². The minimum Gasteiger partial charge on any atom is -0.371 e. The van der Waals surface area contributed by atoms with Gasteiger partial charge in [0.1, 0.15) is 17.7 Å². The molecule has 0 spiro atoms. The van der Waals surface area contributed by atoms with Crippen molar-refractivity contribution in [1.29, 1.82) is 10.5 Å². The molecule has 4 heteroatoms. The topological polar surface area (TPSA) is 50.8 Å². The maximum Gasteiger partial charge on any atom is 0.143 e. The average molecular weight is 319 g/mol. The monoisotopic (exact) mass is 319 g/mol. The predicted octanol–water partition coefficient (Wildman–Crippen LogP) is 4.56. The Hall–Kier alpha value is -2.43. The van der Waals surface area contributed by atoms with Crippen molar-refractivity contribution in [3.63, 3.8) is 0 Å². The number of nitrogens with zero attached hydrogens (tertiary/aromatic N) is 3. The fourth-order valence-corrected chi connectivity index (χ4v) is 3.87. The molecule has 2 aromatic carbocycles. The molecule has 1 saturated heterocycles. The van der Waals surface area contributed by atoms with Crippen LogP contribution in [0.25, 0.3) is 15.7 Å². The fraction of sp³-hybridized carbons (Fsp3) is 0.263. The van der Waals surface area contributed by atoms with Gasteiger partial charge in [-0.25, -0.2) is 0 Å². The second kappa shape index (κ2) is 6.77. The number of allylic oxidation sites excluding steroid dienone is 1. The van der Waals surface area contributed by atoms with Crippen LogP contribution in [-0.4, -0.2) is 19.3 Å². The third-order valence-electron chi connectivity index (χ3n) is 4.22. The number of hydrogen-bond donors (Lipinski definition) is 0. The highest BCUT2D eigenvalue weighted by atomic mass is 32.2. The largest absolute Gasteiger partial charge is 0.371 e. The molecule has 0 N–H and O–H groups in total. The van der Waals surface area contributed by atoms with Gasteiger partial charge in [-0.05, 0) is 24.5 Å². The summed E-state index contributed by atoms with van der Waals surface area (Å²) in [6.45, 7) is 2.05. The molecule has 0 bridgehead atoms. The van der Waals surface area contributed by atoms with E-state index >= 15 is 0 Å². The molecule has 0 aliphatic carbocycles. The van der Waals surface area contributed by atoms with Crippen molar-refractivity contribution in [3.8, 4) is 12.1 Å². The summed E-state index contributed by atoms with van der Waals surface area (Å²) >= 11 is 1.47. The Bertz CT molecular complexity index is 833. The van der Waals surface area contributed by atoms with Crippen LogP contribution in [0.2, 0.25) is 0 Å². The smallest absolute Gasteiger partial charge is 0.143 e. The second-order valence-corrected chi connectivity index (χ2v) is 6.33. The lowest BCUT2D eigenvalue weighted by Gasteiger charge is -2.24. The molecule has 0 saturated carbocycles. The van der Waals surface area contributed by atoms with Crippen LogP contribution in [0.4, 0.5) is 5.69 Å². The number of anilines is 1. The lowest BCUT2D eigenvalue weighted by atomic mass is 10.0. The van der Waals surface area contributed by atoms with Gasteiger partial charge in [0.25, 0.3) is 0 Å². The maximum absolute atomic E-state index is 9.30. The van der Waals surface area contributed by atoms with Gasteiger partial charge < -0.3 is 4.90 Å². The first-order valence-electron chi connectivity index (χ1n) is 7.65. The van der Waals surface area contributed by atoms with Crippen LogP contribution in [-0.2, 0) is 0 Å². The first kappa shape index (κ1) is 15.5. The summed E-state index contributed by atoms with van der Waals surface area (Å²) in [5, 5.41) is 21.0. The van der Waals surface area contributed by atoms with E-state index in [1.165, 1.54) is 35.4 Å². The van der Waals surface area contributed by atoms with Crippen molar-refractivity contribution in [1.82, 2.24) is 0 Å². The third kappa shape index (κ3) is 2.79. The Balaban J connectivity index is 2.33. The summed E-state index contributed by atoms with van der Waals surface area (Å²) in [6.07, 6.45) is 4.29. The summed E-state index contributed by atoms with van der Waals surface area (Å²) < 4.78 is 0.